The minimum Gasteiger partial charge on any atom is -0.459 e. The quantitative estimate of drug-likeness (QED) is 0.750. The topological polar surface area (TPSA) is 38.3 Å². The zero-order valence-electron chi connectivity index (χ0n) is 10.8. The first kappa shape index (κ1) is 13.5. The van der Waals surface area contributed by atoms with Crippen molar-refractivity contribution >= 4 is 5.97 Å². The van der Waals surface area contributed by atoms with Crippen molar-refractivity contribution in [3.63, 3.8) is 0 Å². The van der Waals surface area contributed by atoms with E-state index in [-0.39, 0.29) is 11.6 Å². The van der Waals surface area contributed by atoms with Gasteiger partial charge >= 0.3 is 5.97 Å². The summed E-state index contributed by atoms with van der Waals surface area (Å²) in [6.07, 6.45) is 6.68. The highest BCUT2D eigenvalue weighted by Gasteiger charge is 2.17. The van der Waals surface area contributed by atoms with Gasteiger partial charge in [0, 0.05) is 0 Å². The third-order valence-corrected chi connectivity index (χ3v) is 2.85. The molecule has 1 aliphatic carbocycles. The fraction of sp³-hybridized carbons (Fsp3) is 0.923. The molecule has 0 bridgehead atoms. The van der Waals surface area contributed by atoms with Crippen LogP contribution in [0.2, 0.25) is 0 Å². The molecule has 0 unspecified atom stereocenters. The van der Waals surface area contributed by atoms with Gasteiger partial charge in [-0.15, -0.1) is 0 Å². The van der Waals surface area contributed by atoms with E-state index in [4.69, 9.17) is 4.74 Å². The first-order valence-corrected chi connectivity index (χ1v) is 6.40. The van der Waals surface area contributed by atoms with Gasteiger partial charge in [-0.2, -0.15) is 0 Å². The molecule has 94 valence electrons. The maximum atomic E-state index is 11.4. The summed E-state index contributed by atoms with van der Waals surface area (Å²) in [5.74, 6) is 0.611. The van der Waals surface area contributed by atoms with E-state index in [2.05, 4.69) is 5.32 Å². The van der Waals surface area contributed by atoms with E-state index in [0.29, 0.717) is 6.54 Å². The third kappa shape index (κ3) is 6.11. The van der Waals surface area contributed by atoms with Crippen molar-refractivity contribution < 1.29 is 9.53 Å². The van der Waals surface area contributed by atoms with Crippen LogP contribution in [0.5, 0.6) is 0 Å². The molecule has 1 aliphatic rings. The molecule has 16 heavy (non-hydrogen) atoms. The van der Waals surface area contributed by atoms with E-state index in [9.17, 15) is 4.79 Å². The van der Waals surface area contributed by atoms with E-state index >= 15 is 0 Å². The highest BCUT2D eigenvalue weighted by Crippen LogP contribution is 2.22. The molecule has 0 radical (unpaired) electrons. The summed E-state index contributed by atoms with van der Waals surface area (Å²) >= 11 is 0. The Hall–Kier alpha value is -0.570. The van der Waals surface area contributed by atoms with Crippen molar-refractivity contribution in [2.75, 3.05) is 13.1 Å². The highest BCUT2D eigenvalue weighted by atomic mass is 16.6. The van der Waals surface area contributed by atoms with Gasteiger partial charge in [0.25, 0.3) is 0 Å². The zero-order chi connectivity index (χ0) is 12.0. The Balaban J connectivity index is 2.08. The fourth-order valence-corrected chi connectivity index (χ4v) is 2.15. The van der Waals surface area contributed by atoms with Gasteiger partial charge in [-0.25, -0.2) is 0 Å². The van der Waals surface area contributed by atoms with Crippen LogP contribution in [0.4, 0.5) is 0 Å². The Morgan fingerprint density at radius 2 is 1.88 bits per heavy atom. The molecular formula is C13H25NO2. The van der Waals surface area contributed by atoms with Gasteiger partial charge in [0.1, 0.15) is 5.60 Å². The lowest BCUT2D eigenvalue weighted by molar-refractivity contribution is -0.153. The Kier molecular flexibility index (Phi) is 5.26. The summed E-state index contributed by atoms with van der Waals surface area (Å²) in [6.45, 7) is 6.98. The third-order valence-electron chi connectivity index (χ3n) is 2.85. The lowest BCUT2D eigenvalue weighted by Gasteiger charge is -2.23. The Labute approximate surface area is 98.9 Å². The number of carbonyl (C=O) groups excluding carboxylic acids is 1. The van der Waals surface area contributed by atoms with Crippen LogP contribution < -0.4 is 5.32 Å². The number of hydrogen-bond acceptors (Lipinski definition) is 3. The average Bonchev–Trinajstić information content (AvgIpc) is 2.16. The van der Waals surface area contributed by atoms with Crippen molar-refractivity contribution in [3.8, 4) is 0 Å². The maximum absolute atomic E-state index is 11.4. The van der Waals surface area contributed by atoms with Gasteiger partial charge in [-0.1, -0.05) is 19.3 Å². The summed E-state index contributed by atoms with van der Waals surface area (Å²) in [7, 11) is 0. The van der Waals surface area contributed by atoms with Crippen LogP contribution in [0, 0.1) is 5.92 Å². The molecule has 0 aromatic rings. The Morgan fingerprint density at radius 3 is 2.44 bits per heavy atom. The summed E-state index contributed by atoms with van der Waals surface area (Å²) in [4.78, 5) is 11.4. The molecule has 0 aromatic carbocycles. The molecule has 0 amide bonds. The minimum absolute atomic E-state index is 0.150. The molecule has 1 N–H and O–H groups in total. The van der Waals surface area contributed by atoms with Gasteiger partial charge in [-0.05, 0) is 46.1 Å². The summed E-state index contributed by atoms with van der Waals surface area (Å²) < 4.78 is 5.23. The summed E-state index contributed by atoms with van der Waals surface area (Å²) in [6, 6.07) is 0. The first-order valence-electron chi connectivity index (χ1n) is 6.40. The number of esters is 1. The standard InChI is InChI=1S/C13H25NO2/c1-13(2,3)16-12(15)10-14-9-11-7-5-4-6-8-11/h11,14H,4-10H2,1-3H3. The minimum atomic E-state index is -0.371. The molecule has 0 saturated heterocycles. The lowest BCUT2D eigenvalue weighted by atomic mass is 9.89. The largest absolute Gasteiger partial charge is 0.459 e. The van der Waals surface area contributed by atoms with E-state index in [0.717, 1.165) is 12.5 Å². The lowest BCUT2D eigenvalue weighted by Crippen LogP contribution is -2.34. The molecule has 1 saturated carbocycles. The number of ether oxygens (including phenoxy) is 1. The van der Waals surface area contributed by atoms with Gasteiger partial charge in [0.05, 0.1) is 6.54 Å². The molecule has 0 aliphatic heterocycles. The number of nitrogens with one attached hydrogen (secondary N) is 1. The first-order chi connectivity index (χ1) is 7.47. The van der Waals surface area contributed by atoms with Crippen molar-refractivity contribution in [1.82, 2.24) is 5.32 Å². The summed E-state index contributed by atoms with van der Waals surface area (Å²) in [5, 5.41) is 3.20. The number of hydrogen-bond donors (Lipinski definition) is 1. The maximum Gasteiger partial charge on any atom is 0.320 e. The van der Waals surface area contributed by atoms with E-state index < -0.39 is 0 Å². The van der Waals surface area contributed by atoms with E-state index in [1.165, 1.54) is 32.1 Å². The molecule has 0 atom stereocenters. The van der Waals surface area contributed by atoms with Crippen molar-refractivity contribution in [1.29, 1.82) is 0 Å². The summed E-state index contributed by atoms with van der Waals surface area (Å²) in [5.41, 5.74) is -0.371. The SMILES string of the molecule is CC(C)(C)OC(=O)CNCC1CCCCC1. The normalized spacial score (nSPS) is 18.4. The Morgan fingerprint density at radius 1 is 1.25 bits per heavy atom. The van der Waals surface area contributed by atoms with Crippen LogP contribution >= 0.6 is 0 Å². The van der Waals surface area contributed by atoms with Crippen molar-refractivity contribution in [2.24, 2.45) is 5.92 Å². The van der Waals surface area contributed by atoms with Crippen LogP contribution in [-0.2, 0) is 9.53 Å². The smallest absolute Gasteiger partial charge is 0.320 e. The van der Waals surface area contributed by atoms with Gasteiger partial charge in [-0.3, -0.25) is 4.79 Å². The molecular weight excluding hydrogens is 202 g/mol. The van der Waals surface area contributed by atoms with Crippen LogP contribution in [0.3, 0.4) is 0 Å². The second-order valence-electron chi connectivity index (χ2n) is 5.72. The Bertz CT molecular complexity index is 214. The molecule has 1 rings (SSSR count). The van der Waals surface area contributed by atoms with E-state index in [1.54, 1.807) is 0 Å². The number of rotatable bonds is 4. The molecule has 0 spiro atoms. The molecule has 0 heterocycles. The predicted molar refractivity (Wildman–Crippen MR) is 65.3 cm³/mol. The average molecular weight is 227 g/mol. The van der Waals surface area contributed by atoms with Crippen LogP contribution in [0.25, 0.3) is 0 Å². The monoisotopic (exact) mass is 227 g/mol. The second kappa shape index (κ2) is 6.24. The van der Waals surface area contributed by atoms with Gasteiger partial charge in [0.2, 0.25) is 0 Å². The van der Waals surface area contributed by atoms with Crippen LogP contribution in [0.15, 0.2) is 0 Å². The van der Waals surface area contributed by atoms with E-state index in [1.807, 2.05) is 20.8 Å². The van der Waals surface area contributed by atoms with Crippen molar-refractivity contribution in [3.05, 3.63) is 0 Å². The van der Waals surface area contributed by atoms with Crippen LogP contribution in [0.1, 0.15) is 52.9 Å². The van der Waals surface area contributed by atoms with Gasteiger partial charge in [0.15, 0.2) is 0 Å². The fourth-order valence-electron chi connectivity index (χ4n) is 2.15. The molecule has 3 heteroatoms. The van der Waals surface area contributed by atoms with Gasteiger partial charge < -0.3 is 10.1 Å². The molecule has 1 fully saturated rings. The van der Waals surface area contributed by atoms with Crippen molar-refractivity contribution in [2.45, 2.75) is 58.5 Å². The van der Waals surface area contributed by atoms with Crippen LogP contribution in [-0.4, -0.2) is 24.7 Å². The predicted octanol–water partition coefficient (Wildman–Crippen LogP) is 2.50. The molecule has 0 aromatic heterocycles. The molecule has 3 nitrogen and oxygen atoms in total. The highest BCUT2D eigenvalue weighted by molar-refractivity contribution is 5.72. The second-order valence-corrected chi connectivity index (χ2v) is 5.72. The zero-order valence-corrected chi connectivity index (χ0v) is 10.8. The number of carbonyl (C=O) groups is 1.